The molecule has 3 aromatic rings. The molecule has 0 aliphatic carbocycles. The van der Waals surface area contributed by atoms with Crippen LogP contribution in [0, 0.1) is 6.92 Å². The van der Waals surface area contributed by atoms with Crippen molar-refractivity contribution in [2.24, 2.45) is 7.05 Å². The average molecular weight is 293 g/mol. The largest absolute Gasteiger partial charge is 0.357 e. The van der Waals surface area contributed by atoms with Crippen LogP contribution in [0.15, 0.2) is 16.2 Å². The summed E-state index contributed by atoms with van der Waals surface area (Å²) in [6.45, 7) is 2.06. The molecule has 0 saturated carbocycles. The van der Waals surface area contributed by atoms with E-state index in [4.69, 9.17) is 0 Å². The molecule has 0 atom stereocenters. The summed E-state index contributed by atoms with van der Waals surface area (Å²) >= 11 is 3.09. The molecule has 3 aromatic heterocycles. The first-order valence-corrected chi connectivity index (χ1v) is 7.17. The SMILES string of the molecule is CNc1nc(Sc2nnnn2C)c2cc(C)sc2n1. The molecule has 9 heteroatoms. The van der Waals surface area contributed by atoms with Crippen molar-refractivity contribution in [1.82, 2.24) is 30.2 Å². The standard InChI is InChI=1S/C10H11N7S2/c1-5-4-6-7(18-5)12-9(11-2)13-8(6)19-10-14-15-16-17(10)3/h4H,1-3H3,(H,11,12,13). The van der Waals surface area contributed by atoms with E-state index in [9.17, 15) is 0 Å². The number of anilines is 1. The number of nitrogens with zero attached hydrogens (tertiary/aromatic N) is 6. The molecule has 3 heterocycles. The summed E-state index contributed by atoms with van der Waals surface area (Å²) in [5.41, 5.74) is 0. The summed E-state index contributed by atoms with van der Waals surface area (Å²) in [6, 6.07) is 2.09. The fraction of sp³-hybridized carbons (Fsp3) is 0.300. The van der Waals surface area contributed by atoms with E-state index < -0.39 is 0 Å². The number of fused-ring (bicyclic) bond motifs is 1. The van der Waals surface area contributed by atoms with Crippen LogP contribution in [-0.4, -0.2) is 37.2 Å². The fourth-order valence-corrected chi connectivity index (χ4v) is 3.36. The second kappa shape index (κ2) is 4.74. The highest BCUT2D eigenvalue weighted by Gasteiger charge is 2.14. The Morgan fingerprint density at radius 3 is 2.89 bits per heavy atom. The number of thiophene rings is 1. The highest BCUT2D eigenvalue weighted by Crippen LogP contribution is 2.34. The van der Waals surface area contributed by atoms with Gasteiger partial charge < -0.3 is 5.32 Å². The molecule has 7 nitrogen and oxygen atoms in total. The van der Waals surface area contributed by atoms with Gasteiger partial charge in [0, 0.05) is 24.4 Å². The van der Waals surface area contributed by atoms with Crippen molar-refractivity contribution in [3.63, 3.8) is 0 Å². The van der Waals surface area contributed by atoms with Crippen molar-refractivity contribution in [2.45, 2.75) is 17.1 Å². The van der Waals surface area contributed by atoms with Gasteiger partial charge in [-0.3, -0.25) is 0 Å². The van der Waals surface area contributed by atoms with E-state index in [1.165, 1.54) is 16.6 Å². The second-order valence-electron chi connectivity index (χ2n) is 3.87. The Balaban J connectivity index is 2.13. The van der Waals surface area contributed by atoms with Gasteiger partial charge in [-0.15, -0.1) is 16.4 Å². The lowest BCUT2D eigenvalue weighted by Crippen LogP contribution is -1.98. The second-order valence-corrected chi connectivity index (χ2v) is 6.06. The lowest BCUT2D eigenvalue weighted by atomic mass is 10.4. The van der Waals surface area contributed by atoms with E-state index >= 15 is 0 Å². The van der Waals surface area contributed by atoms with Crippen molar-refractivity contribution in [1.29, 1.82) is 0 Å². The maximum Gasteiger partial charge on any atom is 0.224 e. The normalized spacial score (nSPS) is 11.1. The zero-order chi connectivity index (χ0) is 13.4. The van der Waals surface area contributed by atoms with Gasteiger partial charge >= 0.3 is 0 Å². The van der Waals surface area contributed by atoms with Gasteiger partial charge in [0.15, 0.2) is 0 Å². The molecule has 0 aromatic carbocycles. The van der Waals surface area contributed by atoms with Crippen LogP contribution < -0.4 is 5.32 Å². The van der Waals surface area contributed by atoms with Crippen LogP contribution in [0.25, 0.3) is 10.2 Å². The van der Waals surface area contributed by atoms with Crippen LogP contribution in [0.3, 0.4) is 0 Å². The van der Waals surface area contributed by atoms with E-state index in [1.54, 1.807) is 30.1 Å². The lowest BCUT2D eigenvalue weighted by molar-refractivity contribution is 0.664. The Labute approximate surface area is 117 Å². The van der Waals surface area contributed by atoms with Crippen LogP contribution in [-0.2, 0) is 7.05 Å². The maximum absolute atomic E-state index is 4.49. The smallest absolute Gasteiger partial charge is 0.224 e. The van der Waals surface area contributed by atoms with Crippen LogP contribution >= 0.6 is 23.1 Å². The third-order valence-electron chi connectivity index (χ3n) is 2.47. The predicted molar refractivity (Wildman–Crippen MR) is 74.6 cm³/mol. The molecular weight excluding hydrogens is 282 g/mol. The van der Waals surface area contributed by atoms with E-state index in [0.717, 1.165) is 15.2 Å². The predicted octanol–water partition coefficient (Wildman–Crippen LogP) is 1.72. The minimum atomic E-state index is 0.604. The molecule has 0 radical (unpaired) electrons. The molecule has 19 heavy (non-hydrogen) atoms. The van der Waals surface area contributed by atoms with Crippen LogP contribution in [0.1, 0.15) is 4.88 Å². The summed E-state index contributed by atoms with van der Waals surface area (Å²) in [5, 5.41) is 17.0. The van der Waals surface area contributed by atoms with Gasteiger partial charge in [-0.25, -0.2) is 14.6 Å². The molecule has 0 aliphatic rings. The van der Waals surface area contributed by atoms with Gasteiger partial charge in [-0.05, 0) is 35.2 Å². The Bertz CT molecular complexity index is 733. The van der Waals surface area contributed by atoms with Crippen molar-refractivity contribution in [2.75, 3.05) is 12.4 Å². The van der Waals surface area contributed by atoms with Gasteiger partial charge in [-0.1, -0.05) is 0 Å². The van der Waals surface area contributed by atoms with Crippen molar-refractivity contribution in [3.05, 3.63) is 10.9 Å². The number of aromatic nitrogens is 6. The van der Waals surface area contributed by atoms with Crippen LogP contribution in [0.4, 0.5) is 5.95 Å². The zero-order valence-corrected chi connectivity index (χ0v) is 12.2. The summed E-state index contributed by atoms with van der Waals surface area (Å²) in [7, 11) is 3.61. The Kier molecular flexibility index (Phi) is 3.07. The fourth-order valence-electron chi connectivity index (χ4n) is 1.60. The number of aryl methyl sites for hydroxylation is 2. The number of rotatable bonds is 3. The summed E-state index contributed by atoms with van der Waals surface area (Å²) < 4.78 is 1.62. The summed E-state index contributed by atoms with van der Waals surface area (Å²) in [5.74, 6) is 0.604. The molecule has 0 amide bonds. The van der Waals surface area contributed by atoms with Crippen molar-refractivity contribution < 1.29 is 0 Å². The Hall–Kier alpha value is -1.74. The number of hydrogen-bond acceptors (Lipinski definition) is 8. The first-order chi connectivity index (χ1) is 9.17. The van der Waals surface area contributed by atoms with Gasteiger partial charge in [0.05, 0.1) is 0 Å². The highest BCUT2D eigenvalue weighted by atomic mass is 32.2. The quantitative estimate of drug-likeness (QED) is 0.736. The first kappa shape index (κ1) is 12.3. The van der Waals surface area contributed by atoms with Crippen LogP contribution in [0.2, 0.25) is 0 Å². The molecule has 0 aliphatic heterocycles. The molecular formula is C10H11N7S2. The molecule has 0 unspecified atom stereocenters. The monoisotopic (exact) mass is 293 g/mol. The molecule has 0 spiro atoms. The molecule has 0 saturated heterocycles. The van der Waals surface area contributed by atoms with Gasteiger partial charge in [-0.2, -0.15) is 0 Å². The number of hydrogen-bond donors (Lipinski definition) is 1. The molecule has 0 bridgehead atoms. The van der Waals surface area contributed by atoms with E-state index in [0.29, 0.717) is 11.1 Å². The third-order valence-corrected chi connectivity index (χ3v) is 4.45. The van der Waals surface area contributed by atoms with E-state index in [1.807, 2.05) is 0 Å². The summed E-state index contributed by atoms with van der Waals surface area (Å²) in [6.07, 6.45) is 0. The molecule has 98 valence electrons. The van der Waals surface area contributed by atoms with Crippen LogP contribution in [0.5, 0.6) is 0 Å². The van der Waals surface area contributed by atoms with Crippen molar-refractivity contribution in [3.8, 4) is 0 Å². The Morgan fingerprint density at radius 1 is 1.37 bits per heavy atom. The van der Waals surface area contributed by atoms with Crippen molar-refractivity contribution >= 4 is 39.3 Å². The third kappa shape index (κ3) is 2.26. The highest BCUT2D eigenvalue weighted by molar-refractivity contribution is 7.99. The number of tetrazole rings is 1. The zero-order valence-electron chi connectivity index (χ0n) is 10.6. The molecule has 1 N–H and O–H groups in total. The first-order valence-electron chi connectivity index (χ1n) is 5.53. The van der Waals surface area contributed by atoms with Gasteiger partial charge in [0.2, 0.25) is 11.1 Å². The lowest BCUT2D eigenvalue weighted by Gasteiger charge is -2.03. The van der Waals surface area contributed by atoms with E-state index in [2.05, 4.69) is 43.8 Å². The number of nitrogens with one attached hydrogen (secondary N) is 1. The minimum Gasteiger partial charge on any atom is -0.357 e. The summed E-state index contributed by atoms with van der Waals surface area (Å²) in [4.78, 5) is 11.1. The maximum atomic E-state index is 4.49. The van der Waals surface area contributed by atoms with E-state index in [-0.39, 0.29) is 0 Å². The Morgan fingerprint density at radius 2 is 2.21 bits per heavy atom. The van der Waals surface area contributed by atoms with Gasteiger partial charge in [0.25, 0.3) is 0 Å². The minimum absolute atomic E-state index is 0.604. The molecule has 0 fully saturated rings. The molecule has 3 rings (SSSR count). The topological polar surface area (TPSA) is 81.4 Å². The average Bonchev–Trinajstić information content (AvgIpc) is 2.95. The van der Waals surface area contributed by atoms with Gasteiger partial charge in [0.1, 0.15) is 9.86 Å².